The number of nitrogens with one attached hydrogen (secondary N) is 1. The summed E-state index contributed by atoms with van der Waals surface area (Å²) in [4.78, 5) is 41.3. The molecule has 0 spiro atoms. The zero-order chi connectivity index (χ0) is 25.4. The monoisotopic (exact) mass is 487 g/mol. The van der Waals surface area contributed by atoms with E-state index in [2.05, 4.69) is 5.32 Å². The van der Waals surface area contributed by atoms with E-state index >= 15 is 0 Å². The predicted octanol–water partition coefficient (Wildman–Crippen LogP) is 4.75. The quantitative estimate of drug-likeness (QED) is 0.545. The average molecular weight is 488 g/mol. The number of esters is 1. The Hall–Kier alpha value is -3.49. The fourth-order valence-electron chi connectivity index (χ4n) is 4.19. The molecule has 1 saturated heterocycles. The van der Waals surface area contributed by atoms with Crippen LogP contribution in [0.15, 0.2) is 48.5 Å². The van der Waals surface area contributed by atoms with E-state index in [0.29, 0.717) is 38.6 Å². The lowest BCUT2D eigenvalue weighted by molar-refractivity contribution is -0.151. The third-order valence-electron chi connectivity index (χ3n) is 6.14. The highest BCUT2D eigenvalue weighted by Gasteiger charge is 2.30. The minimum atomic E-state index is -0.889. The van der Waals surface area contributed by atoms with Gasteiger partial charge < -0.3 is 19.9 Å². The molecule has 2 atom stereocenters. The second-order valence-electron chi connectivity index (χ2n) is 8.52. The molecule has 1 N–H and O–H groups in total. The van der Waals surface area contributed by atoms with Gasteiger partial charge in [0.1, 0.15) is 11.6 Å². The minimum Gasteiger partial charge on any atom is -0.466 e. The van der Waals surface area contributed by atoms with Gasteiger partial charge in [-0.3, -0.25) is 9.59 Å². The van der Waals surface area contributed by atoms with Gasteiger partial charge in [0.05, 0.1) is 24.3 Å². The molecule has 0 aromatic heterocycles. The summed E-state index contributed by atoms with van der Waals surface area (Å²) in [6, 6.07) is 11.1. The number of hydrogen-bond donors (Lipinski definition) is 1. The van der Waals surface area contributed by atoms with Crippen molar-refractivity contribution >= 4 is 23.6 Å². The molecule has 1 fully saturated rings. The zero-order valence-corrected chi connectivity index (χ0v) is 20.0. The van der Waals surface area contributed by atoms with E-state index in [0.717, 1.165) is 17.7 Å². The fourth-order valence-corrected chi connectivity index (χ4v) is 4.19. The highest BCUT2D eigenvalue weighted by Crippen LogP contribution is 2.24. The molecular formula is C26H31F2N3O4. The maximum absolute atomic E-state index is 14.1. The molecule has 1 heterocycles. The molecule has 0 aliphatic carbocycles. The Bertz CT molecular complexity index is 1030. The third kappa shape index (κ3) is 7.00. The van der Waals surface area contributed by atoms with Crippen molar-refractivity contribution in [2.75, 3.05) is 31.6 Å². The van der Waals surface area contributed by atoms with E-state index in [1.807, 2.05) is 37.3 Å². The standard InChI is InChI=1S/C26H31F2N3O4/c1-3-35-25(33)20-10-7-14-30(17-20)24(32)13-15-31(18(2)19-8-5-4-6-9-19)26(34)29-23-12-11-21(27)16-22(23)28/h4-6,8-9,11-12,16,18,20H,3,7,10,13-15,17H2,1-2H3,(H,29,34). The number of nitrogens with zero attached hydrogens (tertiary/aromatic N) is 2. The van der Waals surface area contributed by atoms with E-state index in [9.17, 15) is 23.2 Å². The number of halogens is 2. The summed E-state index contributed by atoms with van der Waals surface area (Å²) >= 11 is 0. The number of benzene rings is 2. The van der Waals surface area contributed by atoms with Gasteiger partial charge in [0, 0.05) is 32.1 Å². The molecule has 188 valence electrons. The van der Waals surface area contributed by atoms with Gasteiger partial charge in [0.15, 0.2) is 0 Å². The number of likely N-dealkylation sites (tertiary alicyclic amines) is 1. The maximum Gasteiger partial charge on any atom is 0.322 e. The first-order chi connectivity index (χ1) is 16.8. The van der Waals surface area contributed by atoms with Crippen LogP contribution in [0.5, 0.6) is 0 Å². The van der Waals surface area contributed by atoms with Gasteiger partial charge >= 0.3 is 12.0 Å². The number of carbonyl (C=O) groups excluding carboxylic acids is 3. The minimum absolute atomic E-state index is 0.0338. The second-order valence-corrected chi connectivity index (χ2v) is 8.52. The van der Waals surface area contributed by atoms with Crippen LogP contribution in [0.3, 0.4) is 0 Å². The molecule has 35 heavy (non-hydrogen) atoms. The lowest BCUT2D eigenvalue weighted by Gasteiger charge is -2.33. The van der Waals surface area contributed by atoms with E-state index in [-0.39, 0.29) is 36.4 Å². The van der Waals surface area contributed by atoms with Gasteiger partial charge in [-0.15, -0.1) is 0 Å². The molecule has 9 heteroatoms. The van der Waals surface area contributed by atoms with Crippen LogP contribution in [0.1, 0.15) is 44.7 Å². The summed E-state index contributed by atoms with van der Waals surface area (Å²) in [7, 11) is 0. The second kappa shape index (κ2) is 12.3. The summed E-state index contributed by atoms with van der Waals surface area (Å²) in [5.41, 5.74) is 0.691. The summed E-state index contributed by atoms with van der Waals surface area (Å²) in [6.45, 7) is 4.76. The van der Waals surface area contributed by atoms with Crippen LogP contribution in [0.25, 0.3) is 0 Å². The molecule has 0 saturated carbocycles. The van der Waals surface area contributed by atoms with Gasteiger partial charge in [-0.1, -0.05) is 30.3 Å². The first-order valence-corrected chi connectivity index (χ1v) is 11.8. The van der Waals surface area contributed by atoms with Crippen LogP contribution < -0.4 is 5.32 Å². The van der Waals surface area contributed by atoms with Crippen molar-refractivity contribution in [1.82, 2.24) is 9.80 Å². The largest absolute Gasteiger partial charge is 0.466 e. The number of carbonyl (C=O) groups is 3. The first kappa shape index (κ1) is 26.1. The molecule has 2 unspecified atom stereocenters. The lowest BCUT2D eigenvalue weighted by atomic mass is 9.98. The molecular weight excluding hydrogens is 456 g/mol. The van der Waals surface area contributed by atoms with Crippen molar-refractivity contribution in [3.8, 4) is 0 Å². The molecule has 0 radical (unpaired) electrons. The Balaban J connectivity index is 1.71. The predicted molar refractivity (Wildman–Crippen MR) is 127 cm³/mol. The summed E-state index contributed by atoms with van der Waals surface area (Å²) in [6.07, 6.45) is 1.40. The fraction of sp³-hybridized carbons (Fsp3) is 0.423. The van der Waals surface area contributed by atoms with Crippen LogP contribution in [-0.2, 0) is 14.3 Å². The maximum atomic E-state index is 14.1. The van der Waals surface area contributed by atoms with Crippen molar-refractivity contribution in [2.45, 2.75) is 39.2 Å². The van der Waals surface area contributed by atoms with Crippen LogP contribution in [0.4, 0.5) is 19.3 Å². The van der Waals surface area contributed by atoms with Crippen LogP contribution in [0.2, 0.25) is 0 Å². The van der Waals surface area contributed by atoms with Crippen molar-refractivity contribution in [1.29, 1.82) is 0 Å². The van der Waals surface area contributed by atoms with Crippen molar-refractivity contribution in [2.24, 2.45) is 5.92 Å². The van der Waals surface area contributed by atoms with Crippen molar-refractivity contribution in [3.63, 3.8) is 0 Å². The van der Waals surface area contributed by atoms with Crippen LogP contribution in [-0.4, -0.2) is 53.9 Å². The number of urea groups is 1. The highest BCUT2D eigenvalue weighted by molar-refractivity contribution is 5.90. The Morgan fingerprint density at radius 3 is 2.60 bits per heavy atom. The van der Waals surface area contributed by atoms with Crippen LogP contribution >= 0.6 is 0 Å². The van der Waals surface area contributed by atoms with E-state index in [1.54, 1.807) is 11.8 Å². The van der Waals surface area contributed by atoms with E-state index in [1.165, 1.54) is 4.90 Å². The molecule has 2 aromatic carbocycles. The van der Waals surface area contributed by atoms with Crippen molar-refractivity contribution in [3.05, 3.63) is 65.7 Å². The topological polar surface area (TPSA) is 79.0 Å². The number of amides is 3. The van der Waals surface area contributed by atoms with Gasteiger partial charge in [0.2, 0.25) is 5.91 Å². The Kier molecular flexibility index (Phi) is 9.17. The molecule has 1 aliphatic rings. The molecule has 3 rings (SSSR count). The first-order valence-electron chi connectivity index (χ1n) is 11.8. The Morgan fingerprint density at radius 1 is 1.17 bits per heavy atom. The SMILES string of the molecule is CCOC(=O)C1CCCN(C(=O)CCN(C(=O)Nc2ccc(F)cc2F)C(C)c2ccccc2)C1. The highest BCUT2D eigenvalue weighted by atomic mass is 19.1. The molecule has 1 aliphatic heterocycles. The Morgan fingerprint density at radius 2 is 1.91 bits per heavy atom. The molecule has 3 amide bonds. The summed E-state index contributed by atoms with van der Waals surface area (Å²) in [5, 5.41) is 2.49. The van der Waals surface area contributed by atoms with E-state index < -0.39 is 23.7 Å². The number of anilines is 1. The molecule has 2 aromatic rings. The third-order valence-corrected chi connectivity index (χ3v) is 6.14. The molecule has 7 nitrogen and oxygen atoms in total. The number of ether oxygens (including phenoxy) is 1. The van der Waals surface area contributed by atoms with Gasteiger partial charge in [-0.05, 0) is 44.4 Å². The van der Waals surface area contributed by atoms with Gasteiger partial charge in [0.25, 0.3) is 0 Å². The smallest absolute Gasteiger partial charge is 0.322 e. The average Bonchev–Trinajstić information content (AvgIpc) is 2.86. The Labute approximate surface area is 204 Å². The lowest BCUT2D eigenvalue weighted by Crippen LogP contribution is -2.45. The summed E-state index contributed by atoms with van der Waals surface area (Å²) in [5.74, 6) is -2.46. The summed E-state index contributed by atoms with van der Waals surface area (Å²) < 4.78 is 32.5. The number of piperidine rings is 1. The van der Waals surface area contributed by atoms with E-state index in [4.69, 9.17) is 4.74 Å². The van der Waals surface area contributed by atoms with Crippen LogP contribution in [0, 0.1) is 17.6 Å². The zero-order valence-electron chi connectivity index (χ0n) is 20.0. The normalized spacial score (nSPS) is 16.3. The van der Waals surface area contributed by atoms with Gasteiger partial charge in [-0.25, -0.2) is 13.6 Å². The van der Waals surface area contributed by atoms with Crippen molar-refractivity contribution < 1.29 is 27.9 Å². The number of hydrogen-bond acceptors (Lipinski definition) is 4. The number of rotatable bonds is 8. The van der Waals surface area contributed by atoms with Gasteiger partial charge in [-0.2, -0.15) is 0 Å². The molecule has 0 bridgehead atoms.